The summed E-state index contributed by atoms with van der Waals surface area (Å²) >= 11 is 0. The minimum Gasteiger partial charge on any atom is -0.496 e. The van der Waals surface area contributed by atoms with Crippen molar-refractivity contribution in [2.45, 2.75) is 37.6 Å². The highest BCUT2D eigenvalue weighted by Crippen LogP contribution is 2.49. The zero-order valence-electron chi connectivity index (χ0n) is 11.4. The topological polar surface area (TPSA) is 53.7 Å². The van der Waals surface area contributed by atoms with Crippen molar-refractivity contribution in [2.24, 2.45) is 5.73 Å². The summed E-state index contributed by atoms with van der Waals surface area (Å²) in [5.41, 5.74) is 7.27. The molecule has 104 valence electrons. The van der Waals surface area contributed by atoms with Gasteiger partial charge in [-0.15, -0.1) is 0 Å². The minimum absolute atomic E-state index is 0.343. The lowest BCUT2D eigenvalue weighted by Gasteiger charge is -2.29. The van der Waals surface area contributed by atoms with E-state index in [1.165, 1.54) is 0 Å². The van der Waals surface area contributed by atoms with Gasteiger partial charge >= 0.3 is 0 Å². The van der Waals surface area contributed by atoms with Crippen molar-refractivity contribution >= 4 is 0 Å². The molecule has 1 saturated carbocycles. The van der Waals surface area contributed by atoms with E-state index in [0.29, 0.717) is 13.2 Å². The second kappa shape index (κ2) is 4.93. The molecule has 1 aliphatic carbocycles. The Labute approximate surface area is 113 Å². The summed E-state index contributed by atoms with van der Waals surface area (Å²) in [5.74, 6) is 2.40. The van der Waals surface area contributed by atoms with Crippen molar-refractivity contribution in [3.05, 3.63) is 17.7 Å². The van der Waals surface area contributed by atoms with Gasteiger partial charge in [0.25, 0.3) is 0 Å². The van der Waals surface area contributed by atoms with Gasteiger partial charge in [-0.05, 0) is 25.0 Å². The van der Waals surface area contributed by atoms with E-state index < -0.39 is 0 Å². The Morgan fingerprint density at radius 1 is 1.11 bits per heavy atom. The van der Waals surface area contributed by atoms with Crippen LogP contribution in [0.3, 0.4) is 0 Å². The molecule has 0 amide bonds. The zero-order valence-corrected chi connectivity index (χ0v) is 11.4. The molecular weight excluding hydrogens is 242 g/mol. The number of hydrogen-bond donors (Lipinski definition) is 1. The molecule has 4 nitrogen and oxygen atoms in total. The van der Waals surface area contributed by atoms with Crippen LogP contribution in [0.4, 0.5) is 0 Å². The molecule has 1 aliphatic heterocycles. The predicted molar refractivity (Wildman–Crippen MR) is 72.9 cm³/mol. The van der Waals surface area contributed by atoms with Gasteiger partial charge in [-0.1, -0.05) is 12.8 Å². The molecule has 0 aromatic heterocycles. The molecule has 19 heavy (non-hydrogen) atoms. The van der Waals surface area contributed by atoms with Gasteiger partial charge in [-0.2, -0.15) is 0 Å². The average Bonchev–Trinajstić information content (AvgIpc) is 2.73. The van der Waals surface area contributed by atoms with E-state index in [0.717, 1.165) is 54.9 Å². The first kappa shape index (κ1) is 12.6. The fraction of sp³-hybridized carbons (Fsp3) is 0.600. The molecule has 1 heterocycles. The summed E-state index contributed by atoms with van der Waals surface area (Å²) in [6.45, 7) is 1.36. The molecular formula is C15H21NO3. The molecule has 2 aliphatic rings. The zero-order chi connectivity index (χ0) is 13.3. The first-order chi connectivity index (χ1) is 9.24. The molecule has 0 atom stereocenters. The van der Waals surface area contributed by atoms with Gasteiger partial charge in [-0.3, -0.25) is 0 Å². The van der Waals surface area contributed by atoms with Gasteiger partial charge in [0, 0.05) is 12.0 Å². The first-order valence-electron chi connectivity index (χ1n) is 7.00. The Bertz CT molecular complexity index is 467. The molecule has 0 unspecified atom stereocenters. The van der Waals surface area contributed by atoms with Crippen LogP contribution in [0, 0.1) is 0 Å². The van der Waals surface area contributed by atoms with Crippen LogP contribution in [0.2, 0.25) is 0 Å². The predicted octanol–water partition coefficient (Wildman–Crippen LogP) is 2.58. The first-order valence-corrected chi connectivity index (χ1v) is 7.00. The van der Waals surface area contributed by atoms with Gasteiger partial charge in [-0.25, -0.2) is 0 Å². The fourth-order valence-corrected chi connectivity index (χ4v) is 3.12. The SMILES string of the molecule is COc1ccc2c(c1C1(N)CCCC1)OCCCO2. The number of hydrogen-bond acceptors (Lipinski definition) is 4. The van der Waals surface area contributed by atoms with Crippen molar-refractivity contribution in [1.82, 2.24) is 0 Å². The van der Waals surface area contributed by atoms with Gasteiger partial charge in [0.1, 0.15) is 5.75 Å². The molecule has 2 N–H and O–H groups in total. The van der Waals surface area contributed by atoms with Crippen LogP contribution in [0.25, 0.3) is 0 Å². The minimum atomic E-state index is -0.343. The molecule has 1 aromatic carbocycles. The van der Waals surface area contributed by atoms with Crippen LogP contribution in [0.5, 0.6) is 17.2 Å². The maximum absolute atomic E-state index is 6.62. The van der Waals surface area contributed by atoms with Crippen LogP contribution in [0.1, 0.15) is 37.7 Å². The van der Waals surface area contributed by atoms with Crippen molar-refractivity contribution in [2.75, 3.05) is 20.3 Å². The van der Waals surface area contributed by atoms with Crippen LogP contribution < -0.4 is 19.9 Å². The maximum Gasteiger partial charge on any atom is 0.169 e. The van der Waals surface area contributed by atoms with Crippen molar-refractivity contribution in [3.8, 4) is 17.2 Å². The lowest BCUT2D eigenvalue weighted by atomic mass is 9.87. The second-order valence-electron chi connectivity index (χ2n) is 5.38. The van der Waals surface area contributed by atoms with E-state index in [9.17, 15) is 0 Å². The summed E-state index contributed by atoms with van der Waals surface area (Å²) < 4.78 is 17.2. The number of rotatable bonds is 2. The number of benzene rings is 1. The standard InChI is InChI=1S/C15H21NO3/c1-17-11-5-6-12-14(19-10-4-9-18-12)13(11)15(16)7-2-3-8-15/h5-6H,2-4,7-10,16H2,1H3. The van der Waals surface area contributed by atoms with E-state index in [4.69, 9.17) is 19.9 Å². The Kier molecular flexibility index (Phi) is 3.27. The quantitative estimate of drug-likeness (QED) is 0.891. The Morgan fingerprint density at radius 3 is 2.58 bits per heavy atom. The Balaban J connectivity index is 2.14. The van der Waals surface area contributed by atoms with Gasteiger partial charge in [0.2, 0.25) is 0 Å². The van der Waals surface area contributed by atoms with Crippen molar-refractivity contribution < 1.29 is 14.2 Å². The molecule has 4 heteroatoms. The lowest BCUT2D eigenvalue weighted by Crippen LogP contribution is -2.34. The largest absolute Gasteiger partial charge is 0.496 e. The number of methoxy groups -OCH3 is 1. The molecule has 0 spiro atoms. The van der Waals surface area contributed by atoms with E-state index >= 15 is 0 Å². The number of nitrogens with two attached hydrogens (primary N) is 1. The maximum atomic E-state index is 6.62. The normalized spacial score (nSPS) is 20.9. The van der Waals surface area contributed by atoms with Crippen molar-refractivity contribution in [1.29, 1.82) is 0 Å². The molecule has 0 saturated heterocycles. The van der Waals surface area contributed by atoms with Gasteiger partial charge in [0.15, 0.2) is 11.5 Å². The molecule has 1 fully saturated rings. The van der Waals surface area contributed by atoms with E-state index in [2.05, 4.69) is 0 Å². The highest BCUT2D eigenvalue weighted by atomic mass is 16.5. The summed E-state index contributed by atoms with van der Waals surface area (Å²) in [4.78, 5) is 0. The third-order valence-corrected chi connectivity index (χ3v) is 4.09. The van der Waals surface area contributed by atoms with Gasteiger partial charge in [0.05, 0.1) is 25.9 Å². The summed E-state index contributed by atoms with van der Waals surface area (Å²) in [6.07, 6.45) is 5.16. The number of ether oxygens (including phenoxy) is 3. The van der Waals surface area contributed by atoms with Crippen molar-refractivity contribution in [3.63, 3.8) is 0 Å². The second-order valence-corrected chi connectivity index (χ2v) is 5.38. The summed E-state index contributed by atoms with van der Waals surface area (Å²) in [7, 11) is 1.68. The average molecular weight is 263 g/mol. The van der Waals surface area contributed by atoms with E-state index in [-0.39, 0.29) is 5.54 Å². The lowest BCUT2D eigenvalue weighted by molar-refractivity contribution is 0.290. The Hall–Kier alpha value is -1.42. The van der Waals surface area contributed by atoms with Crippen LogP contribution >= 0.6 is 0 Å². The van der Waals surface area contributed by atoms with E-state index in [1.807, 2.05) is 12.1 Å². The third kappa shape index (κ3) is 2.14. The molecule has 0 radical (unpaired) electrons. The smallest absolute Gasteiger partial charge is 0.169 e. The van der Waals surface area contributed by atoms with Crippen LogP contribution in [0.15, 0.2) is 12.1 Å². The third-order valence-electron chi connectivity index (χ3n) is 4.09. The highest BCUT2D eigenvalue weighted by molar-refractivity contribution is 5.57. The molecule has 1 aromatic rings. The highest BCUT2D eigenvalue weighted by Gasteiger charge is 2.38. The summed E-state index contributed by atoms with van der Waals surface area (Å²) in [5, 5.41) is 0. The monoisotopic (exact) mass is 263 g/mol. The van der Waals surface area contributed by atoms with E-state index in [1.54, 1.807) is 7.11 Å². The number of fused-ring (bicyclic) bond motifs is 1. The summed E-state index contributed by atoms with van der Waals surface area (Å²) in [6, 6.07) is 3.86. The Morgan fingerprint density at radius 2 is 1.84 bits per heavy atom. The van der Waals surface area contributed by atoms with Crippen LogP contribution in [-0.4, -0.2) is 20.3 Å². The fourth-order valence-electron chi connectivity index (χ4n) is 3.12. The molecule has 0 bridgehead atoms. The molecule has 3 rings (SSSR count). The van der Waals surface area contributed by atoms with Gasteiger partial charge < -0.3 is 19.9 Å². The van der Waals surface area contributed by atoms with Crippen LogP contribution in [-0.2, 0) is 5.54 Å².